The van der Waals surface area contributed by atoms with Gasteiger partial charge in [0.25, 0.3) is 0 Å². The van der Waals surface area contributed by atoms with Crippen LogP contribution < -0.4 is 10.2 Å². The third-order valence-electron chi connectivity index (χ3n) is 4.37. The summed E-state index contributed by atoms with van der Waals surface area (Å²) in [5, 5.41) is 3.30. The Hall–Kier alpha value is -1.02. The fraction of sp³-hybridized carbons (Fsp3) is 0.647. The first-order valence-corrected chi connectivity index (χ1v) is 7.73. The van der Waals surface area contributed by atoms with E-state index >= 15 is 0 Å². The Labute approximate surface area is 118 Å². The SMILES string of the molecule is CCC1CCCN(c2ccc(C)cc2CNC)CC1. The smallest absolute Gasteiger partial charge is 0.0412 e. The van der Waals surface area contributed by atoms with Gasteiger partial charge in [0.1, 0.15) is 0 Å². The van der Waals surface area contributed by atoms with Crippen molar-refractivity contribution < 1.29 is 0 Å². The summed E-state index contributed by atoms with van der Waals surface area (Å²) < 4.78 is 0. The second-order valence-electron chi connectivity index (χ2n) is 5.85. The first-order chi connectivity index (χ1) is 9.24. The molecule has 0 saturated carbocycles. The molecule has 1 aromatic rings. The maximum absolute atomic E-state index is 3.30. The quantitative estimate of drug-likeness (QED) is 0.887. The van der Waals surface area contributed by atoms with Crippen LogP contribution in [-0.2, 0) is 6.54 Å². The van der Waals surface area contributed by atoms with E-state index in [1.54, 1.807) is 0 Å². The number of nitrogens with one attached hydrogen (secondary N) is 1. The normalized spacial score (nSPS) is 20.4. The van der Waals surface area contributed by atoms with Gasteiger partial charge in [0.2, 0.25) is 0 Å². The molecule has 2 heteroatoms. The minimum Gasteiger partial charge on any atom is -0.371 e. The zero-order valence-corrected chi connectivity index (χ0v) is 12.7. The van der Waals surface area contributed by atoms with Gasteiger partial charge in [-0.2, -0.15) is 0 Å². The maximum atomic E-state index is 3.30. The number of rotatable bonds is 4. The number of hydrogen-bond acceptors (Lipinski definition) is 2. The lowest BCUT2D eigenvalue weighted by molar-refractivity contribution is 0.459. The zero-order valence-electron chi connectivity index (χ0n) is 12.7. The molecule has 106 valence electrons. The highest BCUT2D eigenvalue weighted by molar-refractivity contribution is 5.55. The molecule has 0 aliphatic carbocycles. The van der Waals surface area contributed by atoms with Crippen molar-refractivity contribution in [2.75, 3.05) is 25.0 Å². The molecule has 1 heterocycles. The van der Waals surface area contributed by atoms with Crippen molar-refractivity contribution in [2.45, 2.75) is 46.1 Å². The summed E-state index contributed by atoms with van der Waals surface area (Å²) in [6, 6.07) is 6.89. The van der Waals surface area contributed by atoms with Gasteiger partial charge < -0.3 is 10.2 Å². The molecule has 1 aromatic carbocycles. The Morgan fingerprint density at radius 2 is 2.11 bits per heavy atom. The number of hydrogen-bond donors (Lipinski definition) is 1. The molecule has 0 amide bonds. The third kappa shape index (κ3) is 3.73. The van der Waals surface area contributed by atoms with Crippen molar-refractivity contribution in [2.24, 2.45) is 5.92 Å². The van der Waals surface area contributed by atoms with E-state index in [-0.39, 0.29) is 0 Å². The van der Waals surface area contributed by atoms with Gasteiger partial charge in [0.15, 0.2) is 0 Å². The first kappa shape index (κ1) is 14.4. The second kappa shape index (κ2) is 6.95. The van der Waals surface area contributed by atoms with Gasteiger partial charge in [-0.1, -0.05) is 31.0 Å². The van der Waals surface area contributed by atoms with Crippen molar-refractivity contribution in [3.8, 4) is 0 Å². The van der Waals surface area contributed by atoms with Crippen LogP contribution in [0, 0.1) is 12.8 Å². The molecule has 1 aliphatic heterocycles. The fourth-order valence-electron chi connectivity index (χ4n) is 3.17. The van der Waals surface area contributed by atoms with Crippen LogP contribution in [0.4, 0.5) is 5.69 Å². The van der Waals surface area contributed by atoms with E-state index in [0.717, 1.165) is 12.5 Å². The standard InChI is InChI=1S/C17H28N2/c1-4-15-6-5-10-19(11-9-15)17-8-7-14(2)12-16(17)13-18-3/h7-8,12,15,18H,4-6,9-11,13H2,1-3H3. The Morgan fingerprint density at radius 3 is 2.84 bits per heavy atom. The summed E-state index contributed by atoms with van der Waals surface area (Å²) in [7, 11) is 2.03. The Balaban J connectivity index is 2.16. The van der Waals surface area contributed by atoms with Crippen LogP contribution in [0.5, 0.6) is 0 Å². The minimum absolute atomic E-state index is 0.934. The summed E-state index contributed by atoms with van der Waals surface area (Å²) in [6.45, 7) is 7.91. The van der Waals surface area contributed by atoms with Gasteiger partial charge in [-0.05, 0) is 50.8 Å². The van der Waals surface area contributed by atoms with E-state index < -0.39 is 0 Å². The van der Waals surface area contributed by atoms with Crippen LogP contribution in [0.3, 0.4) is 0 Å². The van der Waals surface area contributed by atoms with E-state index in [9.17, 15) is 0 Å². The monoisotopic (exact) mass is 260 g/mol. The molecule has 2 rings (SSSR count). The molecule has 1 aliphatic rings. The largest absolute Gasteiger partial charge is 0.371 e. The topological polar surface area (TPSA) is 15.3 Å². The van der Waals surface area contributed by atoms with Gasteiger partial charge in [0.05, 0.1) is 0 Å². The van der Waals surface area contributed by atoms with Crippen molar-refractivity contribution in [3.63, 3.8) is 0 Å². The average Bonchev–Trinajstić information content (AvgIpc) is 2.65. The molecule has 0 spiro atoms. The van der Waals surface area contributed by atoms with Crippen molar-refractivity contribution in [3.05, 3.63) is 29.3 Å². The van der Waals surface area contributed by atoms with Crippen molar-refractivity contribution in [1.82, 2.24) is 5.32 Å². The van der Waals surface area contributed by atoms with Crippen molar-refractivity contribution in [1.29, 1.82) is 0 Å². The van der Waals surface area contributed by atoms with Crippen LogP contribution >= 0.6 is 0 Å². The second-order valence-corrected chi connectivity index (χ2v) is 5.85. The molecule has 2 nitrogen and oxygen atoms in total. The van der Waals surface area contributed by atoms with Crippen LogP contribution in [-0.4, -0.2) is 20.1 Å². The van der Waals surface area contributed by atoms with Crippen LogP contribution in [0.15, 0.2) is 18.2 Å². The molecule has 1 fully saturated rings. The molecule has 0 bridgehead atoms. The van der Waals surface area contributed by atoms with E-state index in [1.807, 2.05) is 7.05 Å². The lowest BCUT2D eigenvalue weighted by Gasteiger charge is -2.26. The summed E-state index contributed by atoms with van der Waals surface area (Å²) >= 11 is 0. The number of aryl methyl sites for hydroxylation is 1. The molecular weight excluding hydrogens is 232 g/mol. The molecule has 1 unspecified atom stereocenters. The van der Waals surface area contributed by atoms with Gasteiger partial charge in [-0.15, -0.1) is 0 Å². The summed E-state index contributed by atoms with van der Waals surface area (Å²) in [4.78, 5) is 2.60. The summed E-state index contributed by atoms with van der Waals surface area (Å²) in [5.74, 6) is 0.934. The van der Waals surface area contributed by atoms with Gasteiger partial charge >= 0.3 is 0 Å². The molecule has 0 aromatic heterocycles. The molecule has 19 heavy (non-hydrogen) atoms. The minimum atomic E-state index is 0.934. The Bertz CT molecular complexity index is 400. The van der Waals surface area contributed by atoms with E-state index in [2.05, 4.69) is 42.3 Å². The average molecular weight is 260 g/mol. The fourth-order valence-corrected chi connectivity index (χ4v) is 3.17. The Morgan fingerprint density at radius 1 is 1.26 bits per heavy atom. The summed E-state index contributed by atoms with van der Waals surface area (Å²) in [5.41, 5.74) is 4.24. The molecule has 0 radical (unpaired) electrons. The summed E-state index contributed by atoms with van der Waals surface area (Å²) in [6.07, 6.45) is 5.43. The highest BCUT2D eigenvalue weighted by Gasteiger charge is 2.17. The zero-order chi connectivity index (χ0) is 13.7. The highest BCUT2D eigenvalue weighted by atomic mass is 15.1. The number of nitrogens with zero attached hydrogens (tertiary/aromatic N) is 1. The lowest BCUT2D eigenvalue weighted by Crippen LogP contribution is -2.26. The van der Waals surface area contributed by atoms with Gasteiger partial charge in [-0.3, -0.25) is 0 Å². The molecule has 1 N–H and O–H groups in total. The van der Waals surface area contributed by atoms with Crippen LogP contribution in [0.2, 0.25) is 0 Å². The number of benzene rings is 1. The van der Waals surface area contributed by atoms with Crippen LogP contribution in [0.25, 0.3) is 0 Å². The number of anilines is 1. The van der Waals surface area contributed by atoms with Crippen molar-refractivity contribution >= 4 is 5.69 Å². The molecule has 1 saturated heterocycles. The van der Waals surface area contributed by atoms with E-state index in [1.165, 1.54) is 55.6 Å². The first-order valence-electron chi connectivity index (χ1n) is 7.73. The lowest BCUT2D eigenvalue weighted by atomic mass is 9.98. The van der Waals surface area contributed by atoms with Crippen LogP contribution in [0.1, 0.15) is 43.7 Å². The third-order valence-corrected chi connectivity index (χ3v) is 4.37. The highest BCUT2D eigenvalue weighted by Crippen LogP contribution is 2.27. The van der Waals surface area contributed by atoms with Gasteiger partial charge in [-0.25, -0.2) is 0 Å². The van der Waals surface area contributed by atoms with E-state index in [4.69, 9.17) is 0 Å². The molecule has 1 atom stereocenters. The predicted octanol–water partition coefficient (Wildman–Crippen LogP) is 3.73. The molecular formula is C17H28N2. The Kier molecular flexibility index (Phi) is 5.26. The van der Waals surface area contributed by atoms with Gasteiger partial charge in [0, 0.05) is 25.3 Å². The van der Waals surface area contributed by atoms with E-state index in [0.29, 0.717) is 0 Å². The predicted molar refractivity (Wildman–Crippen MR) is 83.8 cm³/mol. The maximum Gasteiger partial charge on any atom is 0.0412 e.